The van der Waals surface area contributed by atoms with E-state index in [0.717, 1.165) is 13.0 Å². The van der Waals surface area contributed by atoms with Crippen LogP contribution < -0.4 is 5.73 Å². The van der Waals surface area contributed by atoms with Crippen molar-refractivity contribution in [3.05, 3.63) is 35.9 Å². The standard InChI is InChI=1S/C14H20N2.CH3I/c1-16-11-14(15,10-9-13(16)7-8-13)12-5-3-2-4-6-12;1-2/h2-6H,7-11,15H2,1H3;1H3. The van der Waals surface area contributed by atoms with Gasteiger partial charge in [0.05, 0.1) is 5.54 Å². The van der Waals surface area contributed by atoms with Gasteiger partial charge in [-0.1, -0.05) is 52.9 Å². The van der Waals surface area contributed by atoms with Crippen molar-refractivity contribution in [1.29, 1.82) is 0 Å². The van der Waals surface area contributed by atoms with Crippen molar-refractivity contribution in [1.82, 2.24) is 4.90 Å². The summed E-state index contributed by atoms with van der Waals surface area (Å²) in [5.41, 5.74) is 8.26. The van der Waals surface area contributed by atoms with Gasteiger partial charge >= 0.3 is 0 Å². The van der Waals surface area contributed by atoms with Gasteiger partial charge in [0.25, 0.3) is 0 Å². The topological polar surface area (TPSA) is 29.3 Å². The predicted molar refractivity (Wildman–Crippen MR) is 86.1 cm³/mol. The fourth-order valence-corrected chi connectivity index (χ4v) is 3.10. The zero-order valence-corrected chi connectivity index (χ0v) is 13.5. The maximum absolute atomic E-state index is 6.58. The van der Waals surface area contributed by atoms with Crippen LogP contribution in [-0.2, 0) is 5.54 Å². The monoisotopic (exact) mass is 358 g/mol. The van der Waals surface area contributed by atoms with E-state index in [1.807, 2.05) is 4.93 Å². The molecule has 1 aromatic rings. The van der Waals surface area contributed by atoms with Crippen LogP contribution in [0.3, 0.4) is 0 Å². The summed E-state index contributed by atoms with van der Waals surface area (Å²) >= 11 is 2.15. The highest BCUT2D eigenvalue weighted by molar-refractivity contribution is 14.1. The first kappa shape index (κ1) is 14.3. The molecule has 1 aliphatic carbocycles. The Morgan fingerprint density at radius 3 is 2.11 bits per heavy atom. The van der Waals surface area contributed by atoms with Crippen LogP contribution in [0, 0.1) is 0 Å². The summed E-state index contributed by atoms with van der Waals surface area (Å²) in [5, 5.41) is 0. The molecule has 2 nitrogen and oxygen atoms in total. The van der Waals surface area contributed by atoms with Crippen molar-refractivity contribution >= 4 is 22.6 Å². The van der Waals surface area contributed by atoms with Crippen LogP contribution in [0.1, 0.15) is 31.2 Å². The first-order chi connectivity index (χ1) is 8.65. The molecular formula is C15H23IN2. The van der Waals surface area contributed by atoms with E-state index in [1.54, 1.807) is 0 Å². The number of nitrogens with zero attached hydrogens (tertiary/aromatic N) is 1. The minimum Gasteiger partial charge on any atom is -0.320 e. The number of benzene rings is 1. The molecule has 0 aromatic heterocycles. The summed E-state index contributed by atoms with van der Waals surface area (Å²) in [6, 6.07) is 10.6. The van der Waals surface area contributed by atoms with Gasteiger partial charge in [-0.15, -0.1) is 0 Å². The third kappa shape index (κ3) is 2.58. The SMILES string of the molecule is CI.CN1CC(N)(c2ccccc2)CCC12CC2. The predicted octanol–water partition coefficient (Wildman–Crippen LogP) is 3.15. The van der Waals surface area contributed by atoms with E-state index in [1.165, 1.54) is 24.8 Å². The van der Waals surface area contributed by atoms with Crippen molar-refractivity contribution in [3.8, 4) is 0 Å². The van der Waals surface area contributed by atoms with E-state index in [2.05, 4.69) is 64.9 Å². The third-order valence-corrected chi connectivity index (χ3v) is 4.54. The maximum atomic E-state index is 6.58. The molecule has 2 N–H and O–H groups in total. The van der Waals surface area contributed by atoms with Crippen LogP contribution in [0.5, 0.6) is 0 Å². The molecule has 1 unspecified atom stereocenters. The van der Waals surface area contributed by atoms with E-state index in [4.69, 9.17) is 5.73 Å². The minimum atomic E-state index is -0.135. The molecule has 1 spiro atoms. The molecule has 1 saturated heterocycles. The molecule has 1 aromatic carbocycles. The second-order valence-electron chi connectivity index (χ2n) is 5.60. The Morgan fingerprint density at radius 1 is 1.06 bits per heavy atom. The van der Waals surface area contributed by atoms with Crippen molar-refractivity contribution in [2.75, 3.05) is 18.5 Å². The molecule has 3 heteroatoms. The van der Waals surface area contributed by atoms with Crippen LogP contribution in [0.25, 0.3) is 0 Å². The molecule has 1 aliphatic heterocycles. The van der Waals surface area contributed by atoms with Gasteiger partial charge in [-0.25, -0.2) is 0 Å². The Labute approximate surface area is 124 Å². The van der Waals surface area contributed by atoms with Gasteiger partial charge in [0, 0.05) is 12.1 Å². The van der Waals surface area contributed by atoms with Crippen molar-refractivity contribution < 1.29 is 0 Å². The van der Waals surface area contributed by atoms with Gasteiger partial charge in [-0.05, 0) is 43.2 Å². The molecule has 2 aliphatic rings. The average Bonchev–Trinajstić information content (AvgIpc) is 3.20. The highest BCUT2D eigenvalue weighted by Crippen LogP contribution is 2.50. The zero-order valence-electron chi connectivity index (χ0n) is 11.3. The van der Waals surface area contributed by atoms with Gasteiger partial charge in [-0.3, -0.25) is 4.90 Å². The summed E-state index contributed by atoms with van der Waals surface area (Å²) < 4.78 is 0. The molecule has 3 rings (SSSR count). The normalized spacial score (nSPS) is 29.6. The second-order valence-corrected chi connectivity index (χ2v) is 5.60. The Hall–Kier alpha value is -0.130. The molecule has 0 amide bonds. The third-order valence-electron chi connectivity index (χ3n) is 4.54. The zero-order chi connectivity index (χ0) is 13.2. The van der Waals surface area contributed by atoms with Gasteiger partial charge in [0.15, 0.2) is 0 Å². The van der Waals surface area contributed by atoms with E-state index in [9.17, 15) is 0 Å². The lowest BCUT2D eigenvalue weighted by molar-refractivity contribution is 0.0992. The number of nitrogens with two attached hydrogens (primary N) is 1. The van der Waals surface area contributed by atoms with Crippen molar-refractivity contribution in [2.24, 2.45) is 5.73 Å². The average molecular weight is 358 g/mol. The number of likely N-dealkylation sites (N-methyl/N-ethyl adjacent to an activating group) is 1. The molecule has 1 atom stereocenters. The first-order valence-corrected chi connectivity index (χ1v) is 8.74. The molecular weight excluding hydrogens is 335 g/mol. The smallest absolute Gasteiger partial charge is 0.0539 e. The van der Waals surface area contributed by atoms with Crippen LogP contribution in [0.2, 0.25) is 0 Å². The van der Waals surface area contributed by atoms with E-state index >= 15 is 0 Å². The number of hydrogen-bond donors (Lipinski definition) is 1. The maximum Gasteiger partial charge on any atom is 0.0539 e. The minimum absolute atomic E-state index is 0.135. The van der Waals surface area contributed by atoms with Crippen LogP contribution in [0.4, 0.5) is 0 Å². The van der Waals surface area contributed by atoms with Crippen LogP contribution in [0.15, 0.2) is 30.3 Å². The lowest BCUT2D eigenvalue weighted by Gasteiger charge is -2.44. The summed E-state index contributed by atoms with van der Waals surface area (Å²) in [6.45, 7) is 0.997. The highest BCUT2D eigenvalue weighted by Gasteiger charge is 2.52. The lowest BCUT2D eigenvalue weighted by Crippen LogP contribution is -2.55. The second kappa shape index (κ2) is 5.47. The number of alkyl halides is 1. The Morgan fingerprint density at radius 2 is 1.61 bits per heavy atom. The van der Waals surface area contributed by atoms with Gasteiger partial charge < -0.3 is 5.73 Å². The first-order valence-electron chi connectivity index (χ1n) is 6.58. The molecule has 0 bridgehead atoms. The van der Waals surface area contributed by atoms with Crippen molar-refractivity contribution in [2.45, 2.75) is 36.8 Å². The fourth-order valence-electron chi connectivity index (χ4n) is 3.10. The summed E-state index contributed by atoms with van der Waals surface area (Å²) in [6.07, 6.45) is 5.12. The Kier molecular flexibility index (Phi) is 4.34. The van der Waals surface area contributed by atoms with Gasteiger partial charge in [0.2, 0.25) is 0 Å². The molecule has 1 saturated carbocycles. The summed E-state index contributed by atoms with van der Waals surface area (Å²) in [5.74, 6) is 0. The van der Waals surface area contributed by atoms with Crippen molar-refractivity contribution in [3.63, 3.8) is 0 Å². The molecule has 100 valence electrons. The molecule has 18 heavy (non-hydrogen) atoms. The van der Waals surface area contributed by atoms with Gasteiger partial charge in [0.1, 0.15) is 0 Å². The number of hydrogen-bond acceptors (Lipinski definition) is 2. The van der Waals surface area contributed by atoms with Gasteiger partial charge in [-0.2, -0.15) is 0 Å². The Bertz CT molecular complexity index is 389. The molecule has 0 radical (unpaired) electrons. The van der Waals surface area contributed by atoms with E-state index < -0.39 is 0 Å². The quantitative estimate of drug-likeness (QED) is 0.617. The number of likely N-dealkylation sites (tertiary alicyclic amines) is 1. The Balaban J connectivity index is 0.000000574. The summed E-state index contributed by atoms with van der Waals surface area (Å²) in [4.78, 5) is 4.46. The fraction of sp³-hybridized carbons (Fsp3) is 0.600. The van der Waals surface area contributed by atoms with Crippen LogP contribution in [-0.4, -0.2) is 29.0 Å². The van der Waals surface area contributed by atoms with Crippen LogP contribution >= 0.6 is 22.6 Å². The molecule has 2 fully saturated rings. The molecule has 1 heterocycles. The highest BCUT2D eigenvalue weighted by atomic mass is 127. The number of halogens is 1. The van der Waals surface area contributed by atoms with E-state index in [-0.39, 0.29) is 5.54 Å². The number of piperidine rings is 1. The number of rotatable bonds is 1. The largest absolute Gasteiger partial charge is 0.320 e. The van der Waals surface area contributed by atoms with E-state index in [0.29, 0.717) is 5.54 Å². The lowest BCUT2D eigenvalue weighted by atomic mass is 9.80. The summed E-state index contributed by atoms with van der Waals surface area (Å²) in [7, 11) is 2.23.